The molecule has 1 heterocycles. The van der Waals surface area contributed by atoms with Gasteiger partial charge in [-0.2, -0.15) is 5.10 Å². The van der Waals surface area contributed by atoms with E-state index in [0.717, 1.165) is 17.0 Å². The van der Waals surface area contributed by atoms with Gasteiger partial charge in [0.25, 0.3) is 0 Å². The minimum absolute atomic E-state index is 0.0298. The van der Waals surface area contributed by atoms with Gasteiger partial charge in [0.05, 0.1) is 11.7 Å². The summed E-state index contributed by atoms with van der Waals surface area (Å²) in [5.74, 6) is -0.432. The maximum absolute atomic E-state index is 12.8. The lowest BCUT2D eigenvalue weighted by molar-refractivity contribution is -0.116. The Hall–Kier alpha value is -2.17. The van der Waals surface area contributed by atoms with Gasteiger partial charge < -0.3 is 5.32 Å². The highest BCUT2D eigenvalue weighted by Gasteiger charge is 2.16. The average Bonchev–Trinajstić information content (AvgIpc) is 2.69. The zero-order valence-corrected chi connectivity index (χ0v) is 12.8. The molecule has 0 aliphatic carbocycles. The molecule has 1 atom stereocenters. The molecule has 1 aromatic heterocycles. The fraction of sp³-hybridized carbons (Fsp3) is 0.375. The number of benzene rings is 1. The van der Waals surface area contributed by atoms with Crippen molar-refractivity contribution in [3.05, 3.63) is 47.0 Å². The second-order valence-corrected chi connectivity index (χ2v) is 5.35. The van der Waals surface area contributed by atoms with Gasteiger partial charge >= 0.3 is 0 Å². The van der Waals surface area contributed by atoms with E-state index in [-0.39, 0.29) is 17.8 Å². The molecule has 0 spiro atoms. The third kappa shape index (κ3) is 3.48. The summed E-state index contributed by atoms with van der Waals surface area (Å²) in [6.45, 7) is 7.95. The molecule has 0 unspecified atom stereocenters. The van der Waals surface area contributed by atoms with Crippen LogP contribution in [0, 0.1) is 26.6 Å². The number of nitrogens with one attached hydrogen (secondary N) is 1. The Morgan fingerprint density at radius 3 is 2.43 bits per heavy atom. The molecule has 0 saturated heterocycles. The number of amides is 1. The Labute approximate surface area is 124 Å². The Balaban J connectivity index is 2.01. The molecule has 2 rings (SSSR count). The van der Waals surface area contributed by atoms with Gasteiger partial charge in [0.15, 0.2) is 0 Å². The molecule has 1 amide bonds. The third-order valence-corrected chi connectivity index (χ3v) is 3.71. The first-order chi connectivity index (χ1) is 9.88. The number of anilines is 1. The van der Waals surface area contributed by atoms with Gasteiger partial charge in [-0.25, -0.2) is 4.39 Å². The first-order valence-corrected chi connectivity index (χ1v) is 6.96. The van der Waals surface area contributed by atoms with Crippen LogP contribution in [0.25, 0.3) is 0 Å². The summed E-state index contributed by atoms with van der Waals surface area (Å²) in [6, 6.07) is 5.71. The molecule has 0 aliphatic heterocycles. The van der Waals surface area contributed by atoms with Crippen molar-refractivity contribution in [3.8, 4) is 0 Å². The molecule has 0 radical (unpaired) electrons. The second kappa shape index (κ2) is 6.08. The zero-order valence-electron chi connectivity index (χ0n) is 12.8. The van der Waals surface area contributed by atoms with Crippen molar-refractivity contribution in [3.63, 3.8) is 0 Å². The van der Waals surface area contributed by atoms with Crippen molar-refractivity contribution in [2.45, 2.75) is 40.2 Å². The van der Waals surface area contributed by atoms with Crippen LogP contribution in [-0.4, -0.2) is 15.7 Å². The quantitative estimate of drug-likeness (QED) is 0.935. The standard InChI is InChI=1S/C16H20FN3O/c1-10(20-13(4)11(2)12(3)19-20)9-16(21)18-15-7-5-14(17)6-8-15/h5-8,10H,9H2,1-4H3,(H,18,21)/t10-/m0/s1. The lowest BCUT2D eigenvalue weighted by Gasteiger charge is -2.14. The first kappa shape index (κ1) is 15.2. The minimum atomic E-state index is -0.320. The van der Waals surface area contributed by atoms with E-state index in [1.807, 2.05) is 32.4 Å². The Bertz CT molecular complexity index is 646. The monoisotopic (exact) mass is 289 g/mol. The first-order valence-electron chi connectivity index (χ1n) is 6.96. The summed E-state index contributed by atoms with van der Waals surface area (Å²) in [4.78, 5) is 12.0. The maximum Gasteiger partial charge on any atom is 0.226 e. The highest BCUT2D eigenvalue weighted by molar-refractivity contribution is 5.90. The van der Waals surface area contributed by atoms with Gasteiger partial charge in [-0.15, -0.1) is 0 Å². The molecule has 0 aliphatic rings. The summed E-state index contributed by atoms with van der Waals surface area (Å²) >= 11 is 0. The number of rotatable bonds is 4. The number of nitrogens with zero attached hydrogens (tertiary/aromatic N) is 2. The third-order valence-electron chi connectivity index (χ3n) is 3.71. The van der Waals surface area contributed by atoms with Gasteiger partial charge in [-0.3, -0.25) is 9.48 Å². The predicted molar refractivity (Wildman–Crippen MR) is 80.8 cm³/mol. The molecule has 0 saturated carbocycles. The van der Waals surface area contributed by atoms with E-state index in [9.17, 15) is 9.18 Å². The van der Waals surface area contributed by atoms with Gasteiger partial charge in [0.1, 0.15) is 5.82 Å². The van der Waals surface area contributed by atoms with Crippen LogP contribution >= 0.6 is 0 Å². The van der Waals surface area contributed by atoms with E-state index in [0.29, 0.717) is 12.1 Å². The van der Waals surface area contributed by atoms with Crippen molar-refractivity contribution < 1.29 is 9.18 Å². The molecular formula is C16H20FN3O. The van der Waals surface area contributed by atoms with Crippen LogP contribution in [0.3, 0.4) is 0 Å². The van der Waals surface area contributed by atoms with Crippen LogP contribution in [0.15, 0.2) is 24.3 Å². The lowest BCUT2D eigenvalue weighted by Crippen LogP contribution is -2.19. The smallest absolute Gasteiger partial charge is 0.226 e. The molecule has 2 aromatic rings. The molecule has 5 heteroatoms. The highest BCUT2D eigenvalue weighted by atomic mass is 19.1. The Morgan fingerprint density at radius 2 is 1.90 bits per heavy atom. The van der Waals surface area contributed by atoms with Crippen LogP contribution in [-0.2, 0) is 4.79 Å². The minimum Gasteiger partial charge on any atom is -0.326 e. The fourth-order valence-corrected chi connectivity index (χ4v) is 2.27. The predicted octanol–water partition coefficient (Wildman–Crippen LogP) is 3.54. The van der Waals surface area contributed by atoms with Crippen molar-refractivity contribution in [2.24, 2.45) is 0 Å². The molecule has 112 valence electrons. The van der Waals surface area contributed by atoms with Crippen LogP contribution in [0.5, 0.6) is 0 Å². The normalized spacial score (nSPS) is 12.2. The van der Waals surface area contributed by atoms with E-state index in [4.69, 9.17) is 0 Å². The number of aromatic nitrogens is 2. The van der Waals surface area contributed by atoms with Crippen molar-refractivity contribution in [1.82, 2.24) is 9.78 Å². The summed E-state index contributed by atoms with van der Waals surface area (Å²) in [6.07, 6.45) is 0.318. The Kier molecular flexibility index (Phi) is 4.40. The molecule has 0 bridgehead atoms. The van der Waals surface area contributed by atoms with E-state index in [1.54, 1.807) is 12.1 Å². The largest absolute Gasteiger partial charge is 0.326 e. The number of carbonyl (C=O) groups excluding carboxylic acids is 1. The maximum atomic E-state index is 12.8. The van der Waals surface area contributed by atoms with Gasteiger partial charge in [-0.05, 0) is 57.5 Å². The number of hydrogen-bond acceptors (Lipinski definition) is 2. The number of carbonyl (C=O) groups is 1. The fourth-order valence-electron chi connectivity index (χ4n) is 2.27. The topological polar surface area (TPSA) is 46.9 Å². The van der Waals surface area contributed by atoms with E-state index in [1.165, 1.54) is 12.1 Å². The summed E-state index contributed by atoms with van der Waals surface area (Å²) in [5, 5.41) is 7.23. The molecule has 21 heavy (non-hydrogen) atoms. The van der Waals surface area contributed by atoms with Crippen molar-refractivity contribution in [1.29, 1.82) is 0 Å². The van der Waals surface area contributed by atoms with Crippen LogP contribution in [0.4, 0.5) is 10.1 Å². The van der Waals surface area contributed by atoms with Crippen molar-refractivity contribution in [2.75, 3.05) is 5.32 Å². The highest BCUT2D eigenvalue weighted by Crippen LogP contribution is 2.19. The number of aryl methyl sites for hydroxylation is 1. The molecule has 1 aromatic carbocycles. The van der Waals surface area contributed by atoms with E-state index in [2.05, 4.69) is 10.4 Å². The average molecular weight is 289 g/mol. The van der Waals surface area contributed by atoms with Gasteiger partial charge in [0, 0.05) is 17.8 Å². The van der Waals surface area contributed by atoms with Crippen molar-refractivity contribution >= 4 is 11.6 Å². The molecule has 0 fully saturated rings. The zero-order chi connectivity index (χ0) is 15.6. The van der Waals surface area contributed by atoms with Crippen LogP contribution in [0.1, 0.15) is 36.3 Å². The summed E-state index contributed by atoms with van der Waals surface area (Å²) < 4.78 is 14.7. The molecular weight excluding hydrogens is 269 g/mol. The van der Waals surface area contributed by atoms with E-state index >= 15 is 0 Å². The van der Waals surface area contributed by atoms with Crippen LogP contribution in [0.2, 0.25) is 0 Å². The summed E-state index contributed by atoms with van der Waals surface area (Å²) in [5.41, 5.74) is 3.81. The second-order valence-electron chi connectivity index (χ2n) is 5.35. The van der Waals surface area contributed by atoms with E-state index < -0.39 is 0 Å². The van der Waals surface area contributed by atoms with Crippen LogP contribution < -0.4 is 5.32 Å². The van der Waals surface area contributed by atoms with Gasteiger partial charge in [0.2, 0.25) is 5.91 Å². The number of hydrogen-bond donors (Lipinski definition) is 1. The molecule has 1 N–H and O–H groups in total. The lowest BCUT2D eigenvalue weighted by atomic mass is 10.2. The SMILES string of the molecule is Cc1nn([C@@H](C)CC(=O)Nc2ccc(F)cc2)c(C)c1C. The molecule has 4 nitrogen and oxygen atoms in total. The van der Waals surface area contributed by atoms with Gasteiger partial charge in [-0.1, -0.05) is 0 Å². The number of halogens is 1. The Morgan fingerprint density at radius 1 is 1.29 bits per heavy atom. The summed E-state index contributed by atoms with van der Waals surface area (Å²) in [7, 11) is 0.